The minimum atomic E-state index is -1.66. The first-order valence-electron chi connectivity index (χ1n) is 12.0. The number of thioether (sulfide) groups is 1. The molecule has 1 saturated heterocycles. The fourth-order valence-corrected chi connectivity index (χ4v) is 5.26. The maximum atomic E-state index is 12.7. The van der Waals surface area contributed by atoms with Gasteiger partial charge in [0.1, 0.15) is 36.0 Å². The molecule has 1 aromatic rings. The van der Waals surface area contributed by atoms with E-state index in [2.05, 4.69) is 10.6 Å². The average molecular weight is 622 g/mol. The number of nitrogens with zero attached hydrogens (tertiary/aromatic N) is 1. The number of fused-ring (bicyclic) bond motifs is 1. The number of carboxylic acid groups (broad SMARTS) is 2. The predicted octanol–water partition coefficient (Wildman–Crippen LogP) is -8.00. The second-order valence-electron chi connectivity index (χ2n) is 8.84. The van der Waals surface area contributed by atoms with Crippen LogP contribution >= 0.6 is 11.8 Å². The van der Waals surface area contributed by atoms with E-state index in [1.165, 1.54) is 19.1 Å². The second-order valence-corrected chi connectivity index (χ2v) is 9.95. The van der Waals surface area contributed by atoms with Gasteiger partial charge in [0.2, 0.25) is 5.91 Å². The van der Waals surface area contributed by atoms with E-state index >= 15 is 0 Å². The number of hydrogen-bond donors (Lipinski definition) is 2. The van der Waals surface area contributed by atoms with Crippen LogP contribution in [0.2, 0.25) is 0 Å². The van der Waals surface area contributed by atoms with Crippen molar-refractivity contribution in [2.24, 2.45) is 0 Å². The third-order valence-corrected chi connectivity index (χ3v) is 7.12. The van der Waals surface area contributed by atoms with Gasteiger partial charge in [-0.15, -0.1) is 11.8 Å². The number of ketones is 1. The molecular formula is C25H25N3Na2O11S. The number of aliphatic carboxylic acids is 2. The van der Waals surface area contributed by atoms with Gasteiger partial charge in [-0.3, -0.25) is 24.1 Å². The molecule has 0 bridgehead atoms. The number of nitrogens with one attached hydrogen (secondary N) is 2. The molecule has 0 aliphatic carbocycles. The molecule has 0 spiro atoms. The summed E-state index contributed by atoms with van der Waals surface area (Å²) in [6.45, 7) is 0.755. The zero-order valence-corrected chi connectivity index (χ0v) is 28.0. The van der Waals surface area contributed by atoms with Gasteiger partial charge in [-0.25, -0.2) is 4.79 Å². The van der Waals surface area contributed by atoms with Crippen molar-refractivity contribution in [3.8, 4) is 5.75 Å². The molecule has 42 heavy (non-hydrogen) atoms. The number of β-lactam (4-membered cyclic amide) rings is 1. The van der Waals surface area contributed by atoms with Crippen LogP contribution in [-0.2, 0) is 33.5 Å². The fraction of sp³-hybridized carbons (Fsp3) is 0.400. The van der Waals surface area contributed by atoms with E-state index in [0.29, 0.717) is 0 Å². The van der Waals surface area contributed by atoms with Crippen LogP contribution < -0.4 is 84.7 Å². The Hall–Kier alpha value is -2.40. The topological polar surface area (TPSA) is 211 Å². The molecule has 1 unspecified atom stereocenters. The van der Waals surface area contributed by atoms with Gasteiger partial charge in [-0.1, -0.05) is 18.2 Å². The van der Waals surface area contributed by atoms with Crippen LogP contribution in [0.5, 0.6) is 5.75 Å². The standard InChI is InChI=1S/C25H27N3O11S.2Na/c1-13(29)10-18(31)38-11-14-12-40-22-19(21(32)28(22)20(14)24(35)36)27-17(30)9-5-8-16(23(33)34)26-25(37)39-15-6-3-2-4-7-15;;/h2-4,6-7,16,19,22H,5,8-12H2,1H3,(H,26,37)(H,27,30)(H,33,34)(H,35,36);;/q;2*+1/p-2/t16?,19-,22+;;/m1../s1. The molecule has 2 aliphatic rings. The SMILES string of the molecule is CC(=O)CC(=O)OCC1=C(C(=O)[O-])N2C(=O)[C@@H](NC(=O)CCCC(NC(=O)Oc3ccccc3)C(=O)[O-])[C@@H]2SC1.[Na+].[Na+]. The van der Waals surface area contributed by atoms with E-state index in [9.17, 15) is 43.8 Å². The van der Waals surface area contributed by atoms with Crippen molar-refractivity contribution < 1.29 is 112 Å². The number of carboxylic acids is 2. The molecular weight excluding hydrogens is 596 g/mol. The summed E-state index contributed by atoms with van der Waals surface area (Å²) in [6, 6.07) is 5.49. The molecule has 1 fully saturated rings. The number of esters is 1. The second kappa shape index (κ2) is 17.7. The van der Waals surface area contributed by atoms with Crippen molar-refractivity contribution in [3.63, 3.8) is 0 Å². The maximum Gasteiger partial charge on any atom is 1.00 e. The summed E-state index contributed by atoms with van der Waals surface area (Å²) in [5, 5.41) is 27.1. The summed E-state index contributed by atoms with van der Waals surface area (Å²) in [7, 11) is 0. The summed E-state index contributed by atoms with van der Waals surface area (Å²) in [5.41, 5.74) is -0.344. The Morgan fingerprint density at radius 2 is 1.76 bits per heavy atom. The van der Waals surface area contributed by atoms with Crippen molar-refractivity contribution in [1.82, 2.24) is 15.5 Å². The van der Waals surface area contributed by atoms with Crippen molar-refractivity contribution in [2.45, 2.75) is 50.1 Å². The number of ether oxygens (including phenoxy) is 2. The monoisotopic (exact) mass is 621 g/mol. The Kier molecular flexibility index (Phi) is 15.8. The van der Waals surface area contributed by atoms with Crippen LogP contribution in [0.15, 0.2) is 41.6 Å². The van der Waals surface area contributed by atoms with Crippen molar-refractivity contribution >= 4 is 53.4 Å². The Labute approximate surface area is 288 Å². The van der Waals surface area contributed by atoms with Crippen LogP contribution in [0.1, 0.15) is 32.6 Å². The van der Waals surface area contributed by atoms with E-state index < -0.39 is 77.8 Å². The Balaban J connectivity index is 0.00000441. The summed E-state index contributed by atoms with van der Waals surface area (Å²) >= 11 is 1.14. The molecule has 2 N–H and O–H groups in total. The van der Waals surface area contributed by atoms with Crippen molar-refractivity contribution in [2.75, 3.05) is 12.4 Å². The molecule has 17 heteroatoms. The molecule has 1 aromatic carbocycles. The third kappa shape index (κ3) is 10.4. The smallest absolute Gasteiger partial charge is 0.548 e. The molecule has 0 saturated carbocycles. The summed E-state index contributed by atoms with van der Waals surface area (Å²) in [6.07, 6.45) is -1.83. The molecule has 2 aliphatic heterocycles. The van der Waals surface area contributed by atoms with Gasteiger partial charge >= 0.3 is 71.2 Å². The van der Waals surface area contributed by atoms with Gasteiger partial charge in [-0.2, -0.15) is 0 Å². The maximum absolute atomic E-state index is 12.7. The van der Waals surface area contributed by atoms with E-state index in [1.54, 1.807) is 18.2 Å². The zero-order valence-electron chi connectivity index (χ0n) is 23.2. The minimum Gasteiger partial charge on any atom is -0.548 e. The number of Topliss-reactive ketones (excluding diaryl/α,β-unsaturated/α-hetero) is 1. The first kappa shape index (κ1) is 37.6. The number of carbonyl (C=O) groups is 7. The Morgan fingerprint density at radius 3 is 2.36 bits per heavy atom. The first-order valence-corrected chi connectivity index (χ1v) is 13.1. The summed E-state index contributed by atoms with van der Waals surface area (Å²) < 4.78 is 9.91. The van der Waals surface area contributed by atoms with Crippen LogP contribution in [0.25, 0.3) is 0 Å². The van der Waals surface area contributed by atoms with Crippen LogP contribution in [0, 0.1) is 0 Å². The van der Waals surface area contributed by atoms with Gasteiger partial charge in [-0.05, 0) is 31.9 Å². The average Bonchev–Trinajstić information content (AvgIpc) is 2.89. The number of rotatable bonds is 13. The molecule has 3 rings (SSSR count). The quantitative estimate of drug-likeness (QED) is 0.0910. The largest absolute Gasteiger partial charge is 1.00 e. The molecule has 3 atom stereocenters. The molecule has 214 valence electrons. The van der Waals surface area contributed by atoms with Crippen molar-refractivity contribution in [1.29, 1.82) is 0 Å². The van der Waals surface area contributed by atoms with Gasteiger partial charge in [0, 0.05) is 17.7 Å². The van der Waals surface area contributed by atoms with E-state index in [-0.39, 0.29) is 95.5 Å². The zero-order chi connectivity index (χ0) is 29.4. The van der Waals surface area contributed by atoms with Crippen molar-refractivity contribution in [3.05, 3.63) is 41.6 Å². The number of benzene rings is 1. The van der Waals surface area contributed by atoms with E-state index in [0.717, 1.165) is 16.7 Å². The number of para-hydroxylation sites is 1. The number of amides is 3. The number of hydrogen-bond acceptors (Lipinski definition) is 12. The van der Waals surface area contributed by atoms with E-state index in [4.69, 9.17) is 9.47 Å². The molecule has 14 nitrogen and oxygen atoms in total. The summed E-state index contributed by atoms with van der Waals surface area (Å²) in [4.78, 5) is 83.8. The molecule has 0 aromatic heterocycles. The van der Waals surface area contributed by atoms with Gasteiger partial charge in [0.05, 0.1) is 23.7 Å². The van der Waals surface area contributed by atoms with Gasteiger partial charge in [0.15, 0.2) is 0 Å². The Morgan fingerprint density at radius 1 is 1.10 bits per heavy atom. The van der Waals surface area contributed by atoms with Gasteiger partial charge < -0.3 is 39.9 Å². The normalized spacial score (nSPS) is 17.6. The third-order valence-electron chi connectivity index (χ3n) is 5.78. The van der Waals surface area contributed by atoms with Crippen LogP contribution in [0.3, 0.4) is 0 Å². The first-order chi connectivity index (χ1) is 19.0. The Bertz CT molecular complexity index is 1250. The molecule has 0 radical (unpaired) electrons. The van der Waals surface area contributed by atoms with Crippen LogP contribution in [-0.4, -0.2) is 76.3 Å². The van der Waals surface area contributed by atoms with E-state index in [1.807, 2.05) is 0 Å². The minimum absolute atomic E-state index is 0. The molecule has 2 heterocycles. The number of carbonyl (C=O) groups excluding carboxylic acids is 7. The van der Waals surface area contributed by atoms with Gasteiger partial charge in [0.25, 0.3) is 5.91 Å². The fourth-order valence-electron chi connectivity index (χ4n) is 3.93. The summed E-state index contributed by atoms with van der Waals surface area (Å²) in [5.74, 6) is -5.53. The van der Waals surface area contributed by atoms with Crippen LogP contribution in [0.4, 0.5) is 4.79 Å². The molecule has 3 amide bonds. The predicted molar refractivity (Wildman–Crippen MR) is 132 cm³/mol.